The van der Waals surface area contributed by atoms with Crippen LogP contribution in [0.15, 0.2) is 18.2 Å². The van der Waals surface area contributed by atoms with E-state index in [1.54, 1.807) is 6.07 Å². The van der Waals surface area contributed by atoms with Crippen LogP contribution in [0.1, 0.15) is 32.3 Å². The van der Waals surface area contributed by atoms with E-state index in [0.717, 1.165) is 25.2 Å². The Kier molecular flexibility index (Phi) is 3.43. The number of anilines is 1. The molecule has 0 bridgehead atoms. The standard InChI is InChI=1S/C14H17N3O2/c1-14(2)6-3-7-16(10-14)13-5-4-12(17(18)19)8-11(13)9-15/h4-5,8H,3,6-7,10H2,1-2H3. The van der Waals surface area contributed by atoms with Gasteiger partial charge in [0.05, 0.1) is 16.2 Å². The number of piperidine rings is 1. The van der Waals surface area contributed by atoms with Gasteiger partial charge in [0.15, 0.2) is 0 Å². The summed E-state index contributed by atoms with van der Waals surface area (Å²) in [6.07, 6.45) is 2.24. The molecule has 1 aliphatic heterocycles. The summed E-state index contributed by atoms with van der Waals surface area (Å²) < 4.78 is 0. The molecule has 2 rings (SSSR count). The lowest BCUT2D eigenvalue weighted by Gasteiger charge is -2.39. The van der Waals surface area contributed by atoms with Crippen molar-refractivity contribution < 1.29 is 4.92 Å². The Labute approximate surface area is 112 Å². The molecular weight excluding hydrogens is 242 g/mol. The average molecular weight is 259 g/mol. The van der Waals surface area contributed by atoms with E-state index >= 15 is 0 Å². The maximum atomic E-state index is 10.7. The van der Waals surface area contributed by atoms with E-state index in [-0.39, 0.29) is 11.1 Å². The molecular formula is C14H17N3O2. The molecule has 1 aliphatic rings. The van der Waals surface area contributed by atoms with Gasteiger partial charge >= 0.3 is 0 Å². The number of nitriles is 1. The van der Waals surface area contributed by atoms with Crippen LogP contribution in [0.3, 0.4) is 0 Å². The molecule has 0 unspecified atom stereocenters. The van der Waals surface area contributed by atoms with Crippen LogP contribution in [0.25, 0.3) is 0 Å². The van der Waals surface area contributed by atoms with Gasteiger partial charge in [0, 0.05) is 25.2 Å². The third-order valence-electron chi connectivity index (χ3n) is 3.55. The minimum Gasteiger partial charge on any atom is -0.370 e. The first kappa shape index (κ1) is 13.3. The quantitative estimate of drug-likeness (QED) is 0.604. The van der Waals surface area contributed by atoms with Gasteiger partial charge < -0.3 is 4.90 Å². The van der Waals surface area contributed by atoms with Crippen LogP contribution in [0.4, 0.5) is 11.4 Å². The van der Waals surface area contributed by atoms with Crippen molar-refractivity contribution in [3.8, 4) is 6.07 Å². The molecule has 1 heterocycles. The maximum absolute atomic E-state index is 10.7. The van der Waals surface area contributed by atoms with Crippen LogP contribution in [0.5, 0.6) is 0 Å². The highest BCUT2D eigenvalue weighted by molar-refractivity contribution is 5.63. The van der Waals surface area contributed by atoms with E-state index in [9.17, 15) is 15.4 Å². The van der Waals surface area contributed by atoms with Gasteiger partial charge in [-0.15, -0.1) is 0 Å². The fourth-order valence-corrected chi connectivity index (χ4v) is 2.63. The molecule has 0 atom stereocenters. The van der Waals surface area contributed by atoms with Crippen molar-refractivity contribution in [1.29, 1.82) is 5.26 Å². The summed E-state index contributed by atoms with van der Waals surface area (Å²) in [4.78, 5) is 12.4. The second-order valence-electron chi connectivity index (χ2n) is 5.76. The number of hydrogen-bond donors (Lipinski definition) is 0. The molecule has 1 saturated heterocycles. The van der Waals surface area contributed by atoms with Crippen LogP contribution < -0.4 is 4.90 Å². The first-order chi connectivity index (χ1) is 8.93. The molecule has 0 saturated carbocycles. The highest BCUT2D eigenvalue weighted by Gasteiger charge is 2.28. The van der Waals surface area contributed by atoms with E-state index in [2.05, 4.69) is 24.8 Å². The summed E-state index contributed by atoms with van der Waals surface area (Å²) in [5, 5.41) is 19.9. The first-order valence-corrected chi connectivity index (χ1v) is 6.36. The molecule has 0 aliphatic carbocycles. The number of benzene rings is 1. The molecule has 5 nitrogen and oxygen atoms in total. The third-order valence-corrected chi connectivity index (χ3v) is 3.55. The van der Waals surface area contributed by atoms with Gasteiger partial charge in [0.25, 0.3) is 5.69 Å². The molecule has 100 valence electrons. The smallest absolute Gasteiger partial charge is 0.270 e. The lowest BCUT2D eigenvalue weighted by Crippen LogP contribution is -2.40. The Balaban J connectivity index is 2.35. The average Bonchev–Trinajstić information content (AvgIpc) is 2.36. The van der Waals surface area contributed by atoms with Gasteiger partial charge in [-0.25, -0.2) is 0 Å². The van der Waals surface area contributed by atoms with E-state index in [0.29, 0.717) is 5.56 Å². The number of nitro groups is 1. The zero-order valence-electron chi connectivity index (χ0n) is 11.2. The number of nitrogens with zero attached hydrogens (tertiary/aromatic N) is 3. The van der Waals surface area contributed by atoms with Crippen LogP contribution >= 0.6 is 0 Å². The fourth-order valence-electron chi connectivity index (χ4n) is 2.63. The maximum Gasteiger partial charge on any atom is 0.270 e. The first-order valence-electron chi connectivity index (χ1n) is 6.36. The Bertz CT molecular complexity index is 546. The molecule has 1 fully saturated rings. The summed E-state index contributed by atoms with van der Waals surface area (Å²) >= 11 is 0. The number of rotatable bonds is 2. The molecule has 19 heavy (non-hydrogen) atoms. The highest BCUT2D eigenvalue weighted by Crippen LogP contribution is 2.34. The second-order valence-corrected chi connectivity index (χ2v) is 5.76. The second kappa shape index (κ2) is 4.88. The normalized spacial score (nSPS) is 17.8. The van der Waals surface area contributed by atoms with Crippen molar-refractivity contribution in [1.82, 2.24) is 0 Å². The minimum atomic E-state index is -0.467. The van der Waals surface area contributed by atoms with Gasteiger partial charge in [-0.2, -0.15) is 5.26 Å². The SMILES string of the molecule is CC1(C)CCCN(c2ccc([N+](=O)[O-])cc2C#N)C1. The van der Waals surface area contributed by atoms with Crippen LogP contribution in [-0.4, -0.2) is 18.0 Å². The zero-order valence-corrected chi connectivity index (χ0v) is 11.2. The summed E-state index contributed by atoms with van der Waals surface area (Å²) in [6.45, 7) is 6.18. The van der Waals surface area contributed by atoms with E-state index < -0.39 is 4.92 Å². The van der Waals surface area contributed by atoms with Gasteiger partial charge in [0.1, 0.15) is 6.07 Å². The van der Waals surface area contributed by atoms with Crippen molar-refractivity contribution in [3.63, 3.8) is 0 Å². The summed E-state index contributed by atoms with van der Waals surface area (Å²) in [7, 11) is 0. The van der Waals surface area contributed by atoms with Crippen LogP contribution in [-0.2, 0) is 0 Å². The monoisotopic (exact) mass is 259 g/mol. The lowest BCUT2D eigenvalue weighted by atomic mass is 9.84. The fraction of sp³-hybridized carbons (Fsp3) is 0.500. The summed E-state index contributed by atoms with van der Waals surface area (Å²) in [5.74, 6) is 0. The number of hydrogen-bond acceptors (Lipinski definition) is 4. The molecule has 0 aromatic heterocycles. The molecule has 5 heteroatoms. The van der Waals surface area contributed by atoms with Crippen molar-refractivity contribution in [2.75, 3.05) is 18.0 Å². The predicted octanol–water partition coefficient (Wildman–Crippen LogP) is 3.09. The van der Waals surface area contributed by atoms with Crippen LogP contribution in [0, 0.1) is 26.9 Å². The zero-order chi connectivity index (χ0) is 14.0. The van der Waals surface area contributed by atoms with Crippen molar-refractivity contribution in [2.24, 2.45) is 5.41 Å². The lowest BCUT2D eigenvalue weighted by molar-refractivity contribution is -0.384. The van der Waals surface area contributed by atoms with Gasteiger partial charge in [-0.3, -0.25) is 10.1 Å². The van der Waals surface area contributed by atoms with Gasteiger partial charge in [-0.1, -0.05) is 13.8 Å². The summed E-state index contributed by atoms with van der Waals surface area (Å²) in [6, 6.07) is 6.59. The highest BCUT2D eigenvalue weighted by atomic mass is 16.6. The largest absolute Gasteiger partial charge is 0.370 e. The van der Waals surface area contributed by atoms with E-state index in [1.807, 2.05) is 0 Å². The number of nitro benzene ring substituents is 1. The molecule has 0 spiro atoms. The third kappa shape index (κ3) is 2.84. The minimum absolute atomic E-state index is 0.0310. The number of non-ortho nitro benzene ring substituents is 1. The van der Waals surface area contributed by atoms with Crippen molar-refractivity contribution in [2.45, 2.75) is 26.7 Å². The molecule has 0 amide bonds. The molecule has 1 aromatic rings. The Morgan fingerprint density at radius 3 is 2.79 bits per heavy atom. The Morgan fingerprint density at radius 2 is 2.21 bits per heavy atom. The van der Waals surface area contributed by atoms with Gasteiger partial charge in [0.2, 0.25) is 0 Å². The van der Waals surface area contributed by atoms with E-state index in [1.165, 1.54) is 18.6 Å². The van der Waals surface area contributed by atoms with Gasteiger partial charge in [-0.05, 0) is 24.3 Å². The topological polar surface area (TPSA) is 70.2 Å². The van der Waals surface area contributed by atoms with Crippen molar-refractivity contribution >= 4 is 11.4 Å². The van der Waals surface area contributed by atoms with Crippen LogP contribution in [0.2, 0.25) is 0 Å². The predicted molar refractivity (Wildman–Crippen MR) is 73.0 cm³/mol. The molecule has 1 aromatic carbocycles. The Morgan fingerprint density at radius 1 is 1.47 bits per heavy atom. The molecule has 0 radical (unpaired) electrons. The molecule has 0 N–H and O–H groups in total. The van der Waals surface area contributed by atoms with Crippen molar-refractivity contribution in [3.05, 3.63) is 33.9 Å². The summed E-state index contributed by atoms with van der Waals surface area (Å²) in [5.41, 5.74) is 1.37. The van der Waals surface area contributed by atoms with E-state index in [4.69, 9.17) is 0 Å². The Hall–Kier alpha value is -2.09.